The first-order chi connectivity index (χ1) is 11.5. The number of carbonyl (C=O) groups is 1. The lowest BCUT2D eigenvalue weighted by Crippen LogP contribution is -2.19. The number of nitrogens with one attached hydrogen (secondary N) is 1. The van der Waals surface area contributed by atoms with Crippen LogP contribution in [0.15, 0.2) is 23.1 Å². The van der Waals surface area contributed by atoms with Crippen molar-refractivity contribution in [2.24, 2.45) is 0 Å². The summed E-state index contributed by atoms with van der Waals surface area (Å²) in [6.07, 6.45) is 3.94. The second-order valence-corrected chi connectivity index (χ2v) is 5.94. The van der Waals surface area contributed by atoms with Crippen LogP contribution in [-0.2, 0) is 4.74 Å². The summed E-state index contributed by atoms with van der Waals surface area (Å²) < 4.78 is 21.0. The van der Waals surface area contributed by atoms with E-state index in [1.165, 1.54) is 6.20 Å². The molecule has 1 heterocycles. The predicted molar refractivity (Wildman–Crippen MR) is 88.4 cm³/mol. The molecule has 6 nitrogen and oxygen atoms in total. The molecule has 0 amide bonds. The Balaban J connectivity index is 2.07. The molecule has 3 rings (SSSR count). The fourth-order valence-corrected chi connectivity index (χ4v) is 2.75. The van der Waals surface area contributed by atoms with Crippen molar-refractivity contribution in [3.8, 4) is 0 Å². The molecule has 24 heavy (non-hydrogen) atoms. The monoisotopic (exact) mass is 334 g/mol. The molecule has 0 bridgehead atoms. The smallest absolute Gasteiger partial charge is 0.341 e. The van der Waals surface area contributed by atoms with Gasteiger partial charge in [-0.05, 0) is 31.4 Å². The molecule has 0 saturated heterocycles. The van der Waals surface area contributed by atoms with Gasteiger partial charge < -0.3 is 19.7 Å². The van der Waals surface area contributed by atoms with E-state index in [9.17, 15) is 19.1 Å². The van der Waals surface area contributed by atoms with Gasteiger partial charge in [0.05, 0.1) is 11.2 Å². The van der Waals surface area contributed by atoms with Crippen LogP contribution >= 0.6 is 0 Å². The van der Waals surface area contributed by atoms with Crippen molar-refractivity contribution in [3.63, 3.8) is 0 Å². The molecule has 7 heteroatoms. The summed E-state index contributed by atoms with van der Waals surface area (Å²) in [7, 11) is 1.60. The summed E-state index contributed by atoms with van der Waals surface area (Å²) >= 11 is 0. The first-order valence-corrected chi connectivity index (χ1v) is 7.87. The standard InChI is InChI=1S/C17H19FN2O4/c1-24-6-2-5-19-14-8-15-11(7-13(14)18)16(21)12(17(22)23)9-20(15)10-3-4-10/h7-10,19H,2-6H2,1H3,(H,22,23). The van der Waals surface area contributed by atoms with E-state index in [2.05, 4.69) is 5.32 Å². The average molecular weight is 334 g/mol. The van der Waals surface area contributed by atoms with E-state index in [1.54, 1.807) is 17.7 Å². The lowest BCUT2D eigenvalue weighted by Gasteiger charge is -2.14. The molecule has 1 fully saturated rings. The van der Waals surface area contributed by atoms with E-state index < -0.39 is 17.2 Å². The van der Waals surface area contributed by atoms with Gasteiger partial charge in [0.1, 0.15) is 11.4 Å². The van der Waals surface area contributed by atoms with Gasteiger partial charge in [-0.1, -0.05) is 0 Å². The number of carboxylic acid groups (broad SMARTS) is 1. The Labute approximate surface area is 137 Å². The maximum absolute atomic E-state index is 14.3. The topological polar surface area (TPSA) is 80.6 Å². The summed E-state index contributed by atoms with van der Waals surface area (Å²) in [6.45, 7) is 1.11. The SMILES string of the molecule is COCCCNc1cc2c(cc1F)c(=O)c(C(=O)O)cn2C1CC1. The van der Waals surface area contributed by atoms with Crippen LogP contribution in [0.5, 0.6) is 0 Å². The number of hydrogen-bond donors (Lipinski definition) is 2. The first kappa shape index (κ1) is 16.4. The Kier molecular flexibility index (Phi) is 4.53. The van der Waals surface area contributed by atoms with Crippen LogP contribution in [0.3, 0.4) is 0 Å². The van der Waals surface area contributed by atoms with Crippen molar-refractivity contribution in [1.29, 1.82) is 0 Å². The molecule has 1 aromatic heterocycles. The van der Waals surface area contributed by atoms with E-state index >= 15 is 0 Å². The quantitative estimate of drug-likeness (QED) is 0.761. The summed E-state index contributed by atoms with van der Waals surface area (Å²) in [5.74, 6) is -1.86. The Hall–Kier alpha value is -2.41. The minimum atomic E-state index is -1.29. The molecule has 0 unspecified atom stereocenters. The zero-order chi connectivity index (χ0) is 17.3. The third-order valence-corrected chi connectivity index (χ3v) is 4.13. The predicted octanol–water partition coefficient (Wildman–Crippen LogP) is 2.62. The van der Waals surface area contributed by atoms with Gasteiger partial charge in [-0.15, -0.1) is 0 Å². The van der Waals surface area contributed by atoms with Gasteiger partial charge in [0.25, 0.3) is 0 Å². The number of benzene rings is 1. The number of nitrogens with zero attached hydrogens (tertiary/aromatic N) is 1. The Morgan fingerprint density at radius 1 is 1.46 bits per heavy atom. The van der Waals surface area contributed by atoms with Crippen LogP contribution in [0.2, 0.25) is 0 Å². The van der Waals surface area contributed by atoms with E-state index in [1.807, 2.05) is 0 Å². The Morgan fingerprint density at radius 3 is 2.83 bits per heavy atom. The number of aromatic nitrogens is 1. The van der Waals surface area contributed by atoms with Crippen molar-refractivity contribution < 1.29 is 19.0 Å². The van der Waals surface area contributed by atoms with Crippen LogP contribution in [0, 0.1) is 5.82 Å². The number of halogens is 1. The van der Waals surface area contributed by atoms with Crippen LogP contribution < -0.4 is 10.7 Å². The highest BCUT2D eigenvalue weighted by molar-refractivity contribution is 5.93. The second-order valence-electron chi connectivity index (χ2n) is 5.94. The first-order valence-electron chi connectivity index (χ1n) is 7.87. The number of rotatable bonds is 7. The van der Waals surface area contributed by atoms with Crippen molar-refractivity contribution in [1.82, 2.24) is 4.57 Å². The van der Waals surface area contributed by atoms with Gasteiger partial charge in [0, 0.05) is 37.9 Å². The van der Waals surface area contributed by atoms with Gasteiger partial charge in [-0.25, -0.2) is 9.18 Å². The normalized spacial score (nSPS) is 14.1. The maximum Gasteiger partial charge on any atom is 0.341 e. The zero-order valence-corrected chi connectivity index (χ0v) is 13.3. The van der Waals surface area contributed by atoms with Crippen molar-refractivity contribution in [3.05, 3.63) is 39.9 Å². The highest BCUT2D eigenvalue weighted by Crippen LogP contribution is 2.37. The van der Waals surface area contributed by atoms with Gasteiger partial charge >= 0.3 is 5.97 Å². The average Bonchev–Trinajstić information content (AvgIpc) is 3.37. The maximum atomic E-state index is 14.3. The molecule has 0 spiro atoms. The molecular formula is C17H19FN2O4. The summed E-state index contributed by atoms with van der Waals surface area (Å²) in [5.41, 5.74) is -0.118. The lowest BCUT2D eigenvalue weighted by molar-refractivity contribution is 0.0695. The molecule has 0 radical (unpaired) electrons. The largest absolute Gasteiger partial charge is 0.477 e. The molecule has 1 aliphatic carbocycles. The fraction of sp³-hybridized carbons (Fsp3) is 0.412. The molecule has 2 N–H and O–H groups in total. The molecular weight excluding hydrogens is 315 g/mol. The summed E-state index contributed by atoms with van der Waals surface area (Å²) in [5, 5.41) is 12.3. The zero-order valence-electron chi connectivity index (χ0n) is 13.3. The van der Waals surface area contributed by atoms with Crippen LogP contribution in [-0.4, -0.2) is 35.9 Å². The minimum absolute atomic E-state index is 0.0988. The van der Waals surface area contributed by atoms with Crippen molar-refractivity contribution >= 4 is 22.6 Å². The number of aromatic carboxylic acids is 1. The third-order valence-electron chi connectivity index (χ3n) is 4.13. The van der Waals surface area contributed by atoms with Gasteiger partial charge in [-0.2, -0.15) is 0 Å². The molecule has 1 saturated carbocycles. The number of methoxy groups -OCH3 is 1. The van der Waals surface area contributed by atoms with Crippen molar-refractivity contribution in [2.45, 2.75) is 25.3 Å². The molecule has 1 aromatic carbocycles. The van der Waals surface area contributed by atoms with Crippen LogP contribution in [0.1, 0.15) is 35.7 Å². The van der Waals surface area contributed by atoms with E-state index in [0.29, 0.717) is 24.4 Å². The number of pyridine rings is 1. The number of anilines is 1. The summed E-state index contributed by atoms with van der Waals surface area (Å²) in [6, 6.07) is 2.88. The Morgan fingerprint density at radius 2 is 2.21 bits per heavy atom. The van der Waals surface area contributed by atoms with Crippen LogP contribution in [0.4, 0.5) is 10.1 Å². The Bertz CT molecular complexity index is 843. The van der Waals surface area contributed by atoms with E-state index in [0.717, 1.165) is 25.3 Å². The van der Waals surface area contributed by atoms with Gasteiger partial charge in [-0.3, -0.25) is 4.79 Å². The van der Waals surface area contributed by atoms with Gasteiger partial charge in [0.2, 0.25) is 5.43 Å². The fourth-order valence-electron chi connectivity index (χ4n) is 2.75. The molecule has 0 atom stereocenters. The van der Waals surface area contributed by atoms with E-state index in [-0.39, 0.29) is 17.0 Å². The van der Waals surface area contributed by atoms with Crippen LogP contribution in [0.25, 0.3) is 10.9 Å². The molecule has 1 aliphatic rings. The third kappa shape index (κ3) is 3.12. The molecule has 128 valence electrons. The second kappa shape index (κ2) is 6.60. The number of carboxylic acids is 1. The highest BCUT2D eigenvalue weighted by Gasteiger charge is 2.27. The number of hydrogen-bond acceptors (Lipinski definition) is 4. The highest BCUT2D eigenvalue weighted by atomic mass is 19.1. The van der Waals surface area contributed by atoms with E-state index in [4.69, 9.17) is 4.74 Å². The van der Waals surface area contributed by atoms with Crippen molar-refractivity contribution in [2.75, 3.05) is 25.6 Å². The van der Waals surface area contributed by atoms with Gasteiger partial charge in [0.15, 0.2) is 0 Å². The lowest BCUT2D eigenvalue weighted by atomic mass is 10.1. The number of ether oxygens (including phenoxy) is 1. The molecule has 0 aliphatic heterocycles. The number of fused-ring (bicyclic) bond motifs is 1. The minimum Gasteiger partial charge on any atom is -0.477 e. The summed E-state index contributed by atoms with van der Waals surface area (Å²) in [4.78, 5) is 23.6. The molecule has 2 aromatic rings.